The molecule has 0 nitrogen and oxygen atoms in total. The van der Waals surface area contributed by atoms with Gasteiger partial charge in [-0.15, -0.1) is 0 Å². The average molecular weight is 256 g/mol. The van der Waals surface area contributed by atoms with Crippen molar-refractivity contribution in [2.75, 3.05) is 0 Å². The Balaban J connectivity index is 0. The number of hydrogen-bond acceptors (Lipinski definition) is 0. The van der Waals surface area contributed by atoms with Gasteiger partial charge >= 0.3 is 29.6 Å². The maximum absolute atomic E-state index is 0. The summed E-state index contributed by atoms with van der Waals surface area (Å²) in [7, 11) is 0. The van der Waals surface area contributed by atoms with Gasteiger partial charge in [-0.2, -0.15) is 0 Å². The summed E-state index contributed by atoms with van der Waals surface area (Å²) in [6, 6.07) is 0. The molecule has 41 valence electrons. The molecule has 0 bridgehead atoms. The summed E-state index contributed by atoms with van der Waals surface area (Å²) in [5.74, 6) is 0. The SMILES string of the molecule is F.F.F.F.[Eu].[NaH]. The predicted molar refractivity (Wildman–Crippen MR) is 17.2 cm³/mol. The third-order valence-corrected chi connectivity index (χ3v) is 0. The van der Waals surface area contributed by atoms with Crippen molar-refractivity contribution >= 4 is 29.6 Å². The van der Waals surface area contributed by atoms with Crippen LogP contribution in [0.15, 0.2) is 0 Å². The van der Waals surface area contributed by atoms with Crippen molar-refractivity contribution in [2.24, 2.45) is 0 Å². The Bertz CT molecular complexity index is 7.51. The van der Waals surface area contributed by atoms with Gasteiger partial charge < -0.3 is 0 Å². The van der Waals surface area contributed by atoms with Crippen LogP contribution in [0.25, 0.3) is 0 Å². The van der Waals surface area contributed by atoms with Crippen molar-refractivity contribution in [3.63, 3.8) is 0 Å². The van der Waals surface area contributed by atoms with Crippen LogP contribution in [0.4, 0.5) is 18.8 Å². The minimum atomic E-state index is 0. The zero-order chi connectivity index (χ0) is 0. The molecule has 0 atom stereocenters. The summed E-state index contributed by atoms with van der Waals surface area (Å²) in [6.45, 7) is 0. The molecule has 0 aromatic heterocycles. The van der Waals surface area contributed by atoms with Crippen LogP contribution in [0.5, 0.6) is 0 Å². The second-order valence-corrected chi connectivity index (χ2v) is 0. The van der Waals surface area contributed by atoms with Gasteiger partial charge in [0.15, 0.2) is 0 Å². The van der Waals surface area contributed by atoms with E-state index in [0.29, 0.717) is 0 Å². The molecule has 0 rings (SSSR count). The van der Waals surface area contributed by atoms with Crippen molar-refractivity contribution in [1.82, 2.24) is 0 Å². The normalized spacial score (nSPS) is 0. The van der Waals surface area contributed by atoms with Crippen molar-refractivity contribution in [1.29, 1.82) is 0 Å². The van der Waals surface area contributed by atoms with E-state index in [0.717, 1.165) is 0 Å². The molecule has 0 saturated heterocycles. The van der Waals surface area contributed by atoms with Crippen molar-refractivity contribution in [3.05, 3.63) is 0 Å². The Hall–Kier alpha value is 2.30. The Morgan fingerprint density at radius 1 is 0.500 bits per heavy atom. The molecule has 0 amide bonds. The van der Waals surface area contributed by atoms with Gasteiger partial charge in [-0.25, -0.2) is 0 Å². The maximum atomic E-state index is 0. The van der Waals surface area contributed by atoms with Gasteiger partial charge in [-0.3, -0.25) is 18.8 Å². The molecule has 0 N–H and O–H groups in total. The van der Waals surface area contributed by atoms with Crippen LogP contribution in [-0.4, -0.2) is 29.6 Å². The van der Waals surface area contributed by atoms with Gasteiger partial charge in [0.2, 0.25) is 0 Å². The number of rotatable bonds is 0. The third-order valence-electron chi connectivity index (χ3n) is 0. The van der Waals surface area contributed by atoms with E-state index in [9.17, 15) is 0 Å². The van der Waals surface area contributed by atoms with E-state index < -0.39 is 0 Å². The van der Waals surface area contributed by atoms with Crippen molar-refractivity contribution in [2.45, 2.75) is 0 Å². The summed E-state index contributed by atoms with van der Waals surface area (Å²) >= 11 is 0. The van der Waals surface area contributed by atoms with E-state index in [1.54, 1.807) is 0 Å². The molecule has 1 radical (unpaired) electrons. The molecule has 0 heterocycles. The summed E-state index contributed by atoms with van der Waals surface area (Å²) in [6.07, 6.45) is 0. The third kappa shape index (κ3) is 33.4. The fourth-order valence-electron chi connectivity index (χ4n) is 0. The molecule has 0 aromatic carbocycles. The van der Waals surface area contributed by atoms with Gasteiger partial charge in [0.25, 0.3) is 0 Å². The van der Waals surface area contributed by atoms with Crippen LogP contribution in [0, 0.1) is 49.4 Å². The molecule has 0 aromatic rings. The van der Waals surface area contributed by atoms with Crippen LogP contribution in [0.3, 0.4) is 0 Å². The molecule has 0 fully saturated rings. The Kier molecular flexibility index (Phi) is 760. The molecule has 0 aliphatic carbocycles. The van der Waals surface area contributed by atoms with Gasteiger partial charge in [0.1, 0.15) is 0 Å². The van der Waals surface area contributed by atoms with Crippen LogP contribution < -0.4 is 0 Å². The quantitative estimate of drug-likeness (QED) is 0.421. The van der Waals surface area contributed by atoms with Crippen molar-refractivity contribution < 1.29 is 68.2 Å². The first kappa shape index (κ1) is 83.4. The molecular weight excluding hydrogens is 251 g/mol. The van der Waals surface area contributed by atoms with Crippen molar-refractivity contribution in [3.8, 4) is 0 Å². The second kappa shape index (κ2) is 54.7. The Labute approximate surface area is 95.7 Å². The summed E-state index contributed by atoms with van der Waals surface area (Å²) in [5.41, 5.74) is 0. The fraction of sp³-hybridized carbons (Fsp3) is 0. The first-order valence-electron chi connectivity index (χ1n) is 0. The van der Waals surface area contributed by atoms with E-state index in [1.807, 2.05) is 0 Å². The van der Waals surface area contributed by atoms with Gasteiger partial charge in [0, 0.05) is 49.4 Å². The molecular formula is H5EuF4Na. The summed E-state index contributed by atoms with van der Waals surface area (Å²) in [4.78, 5) is 0. The summed E-state index contributed by atoms with van der Waals surface area (Å²) in [5, 5.41) is 0. The Morgan fingerprint density at radius 2 is 0.500 bits per heavy atom. The Morgan fingerprint density at radius 3 is 0.500 bits per heavy atom. The minimum absolute atomic E-state index is 0. The van der Waals surface area contributed by atoms with Crippen LogP contribution in [0.2, 0.25) is 0 Å². The molecule has 6 heavy (non-hydrogen) atoms. The van der Waals surface area contributed by atoms with Crippen LogP contribution >= 0.6 is 0 Å². The monoisotopic (exact) mass is 257 g/mol. The van der Waals surface area contributed by atoms with Gasteiger partial charge in [0.05, 0.1) is 0 Å². The fourth-order valence-corrected chi connectivity index (χ4v) is 0. The van der Waals surface area contributed by atoms with E-state index in [-0.39, 0.29) is 97.8 Å². The first-order valence-corrected chi connectivity index (χ1v) is 0. The second-order valence-electron chi connectivity index (χ2n) is 0. The standard InChI is InChI=1S/Eu.4FH.Na.H/h;4*1H;;. The van der Waals surface area contributed by atoms with Crippen LogP contribution in [0.1, 0.15) is 0 Å². The van der Waals surface area contributed by atoms with E-state index in [4.69, 9.17) is 0 Å². The van der Waals surface area contributed by atoms with Gasteiger partial charge in [-0.05, 0) is 0 Å². The molecule has 0 aliphatic heterocycles. The average Bonchev–Trinajstić information content (AvgIpc) is 0. The summed E-state index contributed by atoms with van der Waals surface area (Å²) < 4.78 is 0. The molecule has 0 unspecified atom stereocenters. The van der Waals surface area contributed by atoms with Crippen LogP contribution in [-0.2, 0) is 0 Å². The van der Waals surface area contributed by atoms with E-state index in [2.05, 4.69) is 0 Å². The molecule has 0 spiro atoms. The van der Waals surface area contributed by atoms with E-state index in [1.165, 1.54) is 0 Å². The molecule has 0 saturated carbocycles. The predicted octanol–water partition coefficient (Wildman–Crippen LogP) is -0.0385. The zero-order valence-corrected chi connectivity index (χ0v) is 4.44. The number of halogens is 4. The molecule has 0 aliphatic rings. The first-order chi connectivity index (χ1) is 0. The van der Waals surface area contributed by atoms with Gasteiger partial charge in [-0.1, -0.05) is 0 Å². The topological polar surface area (TPSA) is 0 Å². The number of hydrogen-bond donors (Lipinski definition) is 0. The van der Waals surface area contributed by atoms with E-state index >= 15 is 0 Å². The zero-order valence-electron chi connectivity index (χ0n) is 2.01. The molecule has 6 heteroatoms.